The molecule has 0 saturated heterocycles. The van der Waals surface area contributed by atoms with Gasteiger partial charge in [0, 0.05) is 37.6 Å². The van der Waals surface area contributed by atoms with Crippen LogP contribution in [0.25, 0.3) is 0 Å². The quantitative estimate of drug-likeness (QED) is 0.808. The van der Waals surface area contributed by atoms with Crippen molar-refractivity contribution in [3.8, 4) is 0 Å². The molecule has 0 aromatic carbocycles. The van der Waals surface area contributed by atoms with Crippen LogP contribution in [0.4, 0.5) is 11.6 Å². The summed E-state index contributed by atoms with van der Waals surface area (Å²) >= 11 is 0. The van der Waals surface area contributed by atoms with Crippen molar-refractivity contribution < 1.29 is 4.74 Å². The molecule has 0 bridgehead atoms. The fourth-order valence-electron chi connectivity index (χ4n) is 2.78. The number of rotatable bonds is 7. The number of hydrogen-bond donors (Lipinski definition) is 2. The lowest BCUT2D eigenvalue weighted by atomic mass is 9.64. The van der Waals surface area contributed by atoms with Crippen molar-refractivity contribution in [2.75, 3.05) is 24.3 Å². The van der Waals surface area contributed by atoms with Gasteiger partial charge in [-0.25, -0.2) is 9.97 Å². The number of aromatic nitrogens is 2. The van der Waals surface area contributed by atoms with Crippen LogP contribution < -0.4 is 10.6 Å². The van der Waals surface area contributed by atoms with Crippen LogP contribution in [0.3, 0.4) is 0 Å². The Hall–Kier alpha value is -1.36. The maximum absolute atomic E-state index is 5.51. The highest BCUT2D eigenvalue weighted by molar-refractivity contribution is 5.49. The van der Waals surface area contributed by atoms with Crippen LogP contribution in [0, 0.1) is 5.41 Å². The molecule has 2 rings (SSSR count). The zero-order valence-electron chi connectivity index (χ0n) is 13.9. The van der Waals surface area contributed by atoms with Crippen LogP contribution in [-0.2, 0) is 11.2 Å². The van der Waals surface area contributed by atoms with Gasteiger partial charge < -0.3 is 15.4 Å². The van der Waals surface area contributed by atoms with Gasteiger partial charge in [-0.3, -0.25) is 0 Å². The third-order valence-corrected chi connectivity index (χ3v) is 4.43. The molecule has 0 spiro atoms. The molecule has 1 saturated carbocycles. The van der Waals surface area contributed by atoms with Crippen molar-refractivity contribution in [3.63, 3.8) is 0 Å². The van der Waals surface area contributed by atoms with Crippen molar-refractivity contribution in [2.45, 2.75) is 59.1 Å². The number of methoxy groups -OCH3 is 1. The summed E-state index contributed by atoms with van der Waals surface area (Å²) in [6.07, 6.45) is 3.26. The molecule has 2 atom stereocenters. The minimum absolute atomic E-state index is 0.128. The molecule has 0 radical (unpaired) electrons. The number of ether oxygens (including phenoxy) is 1. The topological polar surface area (TPSA) is 59.1 Å². The Morgan fingerprint density at radius 2 is 2.00 bits per heavy atom. The average molecular weight is 292 g/mol. The van der Waals surface area contributed by atoms with E-state index in [9.17, 15) is 0 Å². The van der Waals surface area contributed by atoms with Gasteiger partial charge in [0.2, 0.25) is 0 Å². The lowest BCUT2D eigenvalue weighted by Gasteiger charge is -2.51. The predicted molar refractivity (Wildman–Crippen MR) is 86.8 cm³/mol. The predicted octanol–water partition coefficient (Wildman–Crippen LogP) is 3.09. The average Bonchev–Trinajstić information content (AvgIpc) is 2.48. The Morgan fingerprint density at radius 1 is 1.29 bits per heavy atom. The Bertz CT molecular complexity index is 475. The van der Waals surface area contributed by atoms with Crippen LogP contribution in [-0.4, -0.2) is 35.8 Å². The van der Waals surface area contributed by atoms with Gasteiger partial charge in [-0.15, -0.1) is 0 Å². The van der Waals surface area contributed by atoms with Crippen molar-refractivity contribution in [2.24, 2.45) is 5.41 Å². The first-order valence-corrected chi connectivity index (χ1v) is 7.92. The van der Waals surface area contributed by atoms with Crippen molar-refractivity contribution in [3.05, 3.63) is 11.9 Å². The van der Waals surface area contributed by atoms with Crippen molar-refractivity contribution in [1.29, 1.82) is 0 Å². The molecule has 5 nitrogen and oxygen atoms in total. The molecule has 2 unspecified atom stereocenters. The minimum atomic E-state index is 0.128. The lowest BCUT2D eigenvalue weighted by Crippen LogP contribution is -2.57. The van der Waals surface area contributed by atoms with Gasteiger partial charge in [0.1, 0.15) is 17.5 Å². The summed E-state index contributed by atoms with van der Waals surface area (Å²) in [6, 6.07) is 2.39. The molecule has 0 aliphatic heterocycles. The first-order chi connectivity index (χ1) is 10.0. The summed E-state index contributed by atoms with van der Waals surface area (Å²) in [5.74, 6) is 2.69. The van der Waals surface area contributed by atoms with Gasteiger partial charge in [-0.1, -0.05) is 27.7 Å². The standard InChI is InChI=1S/C16H28N4O/c1-6-8-17-14-10-15(20-13(7-2)19-14)18-11-9-12(21-5)16(11,3)4/h10-12H,6-9H2,1-5H3,(H2,17,18,19,20). The molecule has 1 fully saturated rings. The Morgan fingerprint density at radius 3 is 2.57 bits per heavy atom. The molecule has 0 amide bonds. The van der Waals surface area contributed by atoms with Crippen molar-refractivity contribution >= 4 is 11.6 Å². The second-order valence-corrected chi connectivity index (χ2v) is 6.31. The number of anilines is 2. The lowest BCUT2D eigenvalue weighted by molar-refractivity contribution is -0.0795. The van der Waals surface area contributed by atoms with Crippen LogP contribution >= 0.6 is 0 Å². The summed E-state index contributed by atoms with van der Waals surface area (Å²) in [7, 11) is 1.79. The van der Waals surface area contributed by atoms with E-state index in [4.69, 9.17) is 4.74 Å². The molecular weight excluding hydrogens is 264 g/mol. The summed E-state index contributed by atoms with van der Waals surface area (Å²) in [5, 5.41) is 6.90. The molecule has 1 aromatic heterocycles. The molecule has 1 aromatic rings. The maximum Gasteiger partial charge on any atom is 0.132 e. The monoisotopic (exact) mass is 292 g/mol. The van der Waals surface area contributed by atoms with E-state index in [1.54, 1.807) is 7.11 Å². The zero-order valence-corrected chi connectivity index (χ0v) is 13.9. The number of nitrogens with one attached hydrogen (secondary N) is 2. The minimum Gasteiger partial charge on any atom is -0.381 e. The molecular formula is C16H28N4O. The number of nitrogens with zero attached hydrogens (tertiary/aromatic N) is 2. The largest absolute Gasteiger partial charge is 0.381 e. The van der Waals surface area contributed by atoms with E-state index >= 15 is 0 Å². The van der Waals surface area contributed by atoms with Crippen LogP contribution in [0.15, 0.2) is 6.07 Å². The van der Waals surface area contributed by atoms with E-state index in [1.165, 1.54) is 0 Å². The summed E-state index contributed by atoms with van der Waals surface area (Å²) < 4.78 is 5.51. The third-order valence-electron chi connectivity index (χ3n) is 4.43. The zero-order chi connectivity index (χ0) is 15.5. The smallest absolute Gasteiger partial charge is 0.132 e. The van der Waals surface area contributed by atoms with Gasteiger partial charge >= 0.3 is 0 Å². The molecule has 5 heteroatoms. The van der Waals surface area contributed by atoms with E-state index in [-0.39, 0.29) is 5.41 Å². The van der Waals surface area contributed by atoms with Gasteiger partial charge in [0.25, 0.3) is 0 Å². The number of aryl methyl sites for hydroxylation is 1. The summed E-state index contributed by atoms with van der Waals surface area (Å²) in [6.45, 7) is 9.63. The second-order valence-electron chi connectivity index (χ2n) is 6.31. The third kappa shape index (κ3) is 3.46. The number of hydrogen-bond acceptors (Lipinski definition) is 5. The summed E-state index contributed by atoms with van der Waals surface area (Å²) in [5.41, 5.74) is 0.128. The Kier molecular flexibility index (Phi) is 5.04. The van der Waals surface area contributed by atoms with Crippen LogP contribution in [0.5, 0.6) is 0 Å². The maximum atomic E-state index is 5.51. The fourth-order valence-corrected chi connectivity index (χ4v) is 2.78. The van der Waals surface area contributed by atoms with Gasteiger partial charge in [-0.2, -0.15) is 0 Å². The Labute approximate surface area is 127 Å². The molecule has 1 heterocycles. The van der Waals surface area contributed by atoms with Crippen LogP contribution in [0.1, 0.15) is 46.4 Å². The molecule has 1 aliphatic carbocycles. The summed E-state index contributed by atoms with van der Waals surface area (Å²) in [4.78, 5) is 9.12. The van der Waals surface area contributed by atoms with E-state index in [2.05, 4.69) is 48.3 Å². The highest BCUT2D eigenvalue weighted by atomic mass is 16.5. The first kappa shape index (κ1) is 16.0. The van der Waals surface area contributed by atoms with E-state index in [1.807, 2.05) is 6.07 Å². The molecule has 2 N–H and O–H groups in total. The first-order valence-electron chi connectivity index (χ1n) is 7.92. The highest BCUT2D eigenvalue weighted by Gasteiger charge is 2.48. The second kappa shape index (κ2) is 6.60. The van der Waals surface area contributed by atoms with E-state index in [0.717, 1.165) is 43.3 Å². The molecule has 1 aliphatic rings. The van der Waals surface area contributed by atoms with Gasteiger partial charge in [0.05, 0.1) is 6.10 Å². The van der Waals surface area contributed by atoms with E-state index in [0.29, 0.717) is 12.1 Å². The molecule has 21 heavy (non-hydrogen) atoms. The molecule has 118 valence electrons. The van der Waals surface area contributed by atoms with E-state index < -0.39 is 0 Å². The Balaban J connectivity index is 2.09. The SMILES string of the molecule is CCCNc1cc(NC2CC(OC)C2(C)C)nc(CC)n1. The highest BCUT2D eigenvalue weighted by Crippen LogP contribution is 2.43. The van der Waals surface area contributed by atoms with Crippen LogP contribution in [0.2, 0.25) is 0 Å². The van der Waals surface area contributed by atoms with Crippen molar-refractivity contribution in [1.82, 2.24) is 9.97 Å². The fraction of sp³-hybridized carbons (Fsp3) is 0.750. The van der Waals surface area contributed by atoms with Gasteiger partial charge in [-0.05, 0) is 12.8 Å². The normalized spacial score (nSPS) is 23.5. The van der Waals surface area contributed by atoms with Gasteiger partial charge in [0.15, 0.2) is 0 Å².